The van der Waals surface area contributed by atoms with Crippen molar-refractivity contribution in [1.82, 2.24) is 5.32 Å². The normalized spacial score (nSPS) is 11.4. The van der Waals surface area contributed by atoms with Crippen molar-refractivity contribution >= 4 is 28.9 Å². The summed E-state index contributed by atoms with van der Waals surface area (Å²) >= 11 is 1.44. The van der Waals surface area contributed by atoms with Crippen molar-refractivity contribution in [3.05, 3.63) is 51.7 Å². The third-order valence-corrected chi connectivity index (χ3v) is 4.77. The molecule has 2 aromatic rings. The first kappa shape index (κ1) is 19.0. The molecule has 0 aliphatic rings. The lowest BCUT2D eigenvalue weighted by atomic mass is 10.0. The molecule has 0 atom stereocenters. The molecule has 6 heteroatoms. The summed E-state index contributed by atoms with van der Waals surface area (Å²) in [5.41, 5.74) is 9.57. The summed E-state index contributed by atoms with van der Waals surface area (Å²) in [6.07, 6.45) is 2.63. The van der Waals surface area contributed by atoms with Gasteiger partial charge in [-0.2, -0.15) is 0 Å². The molecule has 0 fully saturated rings. The van der Waals surface area contributed by atoms with Crippen LogP contribution in [0.3, 0.4) is 0 Å². The molecule has 0 saturated heterocycles. The number of hydrogen-bond acceptors (Lipinski definition) is 3. The van der Waals surface area contributed by atoms with Gasteiger partial charge in [-0.15, -0.1) is 11.3 Å². The van der Waals surface area contributed by atoms with Gasteiger partial charge in [0.1, 0.15) is 0 Å². The molecule has 2 rings (SSSR count). The molecule has 25 heavy (non-hydrogen) atoms. The highest BCUT2D eigenvalue weighted by atomic mass is 32.1. The van der Waals surface area contributed by atoms with Gasteiger partial charge in [0.05, 0.1) is 4.88 Å². The molecular formula is C19H26N4OS. The number of benzene rings is 1. The first-order chi connectivity index (χ1) is 12.2. The molecule has 0 unspecified atom stereocenters. The molecule has 0 spiro atoms. The maximum atomic E-state index is 11.8. The molecule has 5 nitrogen and oxygen atoms in total. The van der Waals surface area contributed by atoms with E-state index in [-0.39, 0.29) is 5.91 Å². The Labute approximate surface area is 153 Å². The predicted octanol–water partition coefficient (Wildman–Crippen LogP) is 3.42. The van der Waals surface area contributed by atoms with Crippen molar-refractivity contribution in [2.45, 2.75) is 33.1 Å². The van der Waals surface area contributed by atoms with Gasteiger partial charge in [0, 0.05) is 18.8 Å². The van der Waals surface area contributed by atoms with Crippen molar-refractivity contribution in [3.8, 4) is 0 Å². The van der Waals surface area contributed by atoms with Gasteiger partial charge in [-0.05, 0) is 41.8 Å². The molecular weight excluding hydrogens is 332 g/mol. The summed E-state index contributed by atoms with van der Waals surface area (Å²) in [4.78, 5) is 16.9. The highest BCUT2D eigenvalue weighted by Crippen LogP contribution is 2.22. The van der Waals surface area contributed by atoms with Gasteiger partial charge in [0.15, 0.2) is 5.96 Å². The number of nitrogens with zero attached hydrogens (tertiary/aromatic N) is 1. The van der Waals surface area contributed by atoms with E-state index in [1.165, 1.54) is 22.5 Å². The van der Waals surface area contributed by atoms with Crippen LogP contribution in [0.1, 0.15) is 41.1 Å². The van der Waals surface area contributed by atoms with E-state index in [4.69, 9.17) is 5.73 Å². The minimum absolute atomic E-state index is 0.0328. The molecule has 0 aliphatic carbocycles. The number of aliphatic imine (C=N–C) groups is 1. The summed E-state index contributed by atoms with van der Waals surface area (Å²) in [6, 6.07) is 9.97. The number of anilines is 1. The Hall–Kier alpha value is -2.34. The lowest BCUT2D eigenvalue weighted by Gasteiger charge is -2.14. The Balaban J connectivity index is 1.81. The van der Waals surface area contributed by atoms with E-state index in [0.717, 1.165) is 29.8 Å². The van der Waals surface area contributed by atoms with Crippen LogP contribution >= 0.6 is 11.3 Å². The number of carbonyl (C=O) groups is 1. The zero-order chi connectivity index (χ0) is 18.1. The predicted molar refractivity (Wildman–Crippen MR) is 107 cm³/mol. The number of carbonyl (C=O) groups excluding carboxylic acids is 1. The summed E-state index contributed by atoms with van der Waals surface area (Å²) in [7, 11) is 0. The van der Waals surface area contributed by atoms with Crippen LogP contribution in [0.4, 0.5) is 5.69 Å². The number of guanidine groups is 1. The van der Waals surface area contributed by atoms with Gasteiger partial charge in [0.2, 0.25) is 0 Å². The van der Waals surface area contributed by atoms with Crippen LogP contribution in [0.5, 0.6) is 0 Å². The Kier molecular flexibility index (Phi) is 7.47. The van der Waals surface area contributed by atoms with Crippen LogP contribution in [-0.4, -0.2) is 25.0 Å². The second-order valence-corrected chi connectivity index (χ2v) is 6.58. The monoisotopic (exact) mass is 358 g/mol. The average molecular weight is 359 g/mol. The zero-order valence-corrected chi connectivity index (χ0v) is 15.7. The van der Waals surface area contributed by atoms with E-state index < -0.39 is 0 Å². The maximum Gasteiger partial charge on any atom is 0.261 e. The van der Waals surface area contributed by atoms with Crippen molar-refractivity contribution in [3.63, 3.8) is 0 Å². The zero-order valence-electron chi connectivity index (χ0n) is 14.8. The van der Waals surface area contributed by atoms with E-state index in [1.54, 1.807) is 0 Å². The lowest BCUT2D eigenvalue weighted by molar-refractivity contribution is 0.0957. The van der Waals surface area contributed by atoms with Gasteiger partial charge < -0.3 is 16.4 Å². The lowest BCUT2D eigenvalue weighted by Crippen LogP contribution is -2.26. The second kappa shape index (κ2) is 9.84. The Morgan fingerprint density at radius 3 is 2.48 bits per heavy atom. The molecule has 0 saturated carbocycles. The SMILES string of the molecule is CCc1cccc(CC)c1NC(N)=NCCCNC(=O)c1cccs1. The van der Waals surface area contributed by atoms with Gasteiger partial charge >= 0.3 is 0 Å². The topological polar surface area (TPSA) is 79.5 Å². The highest BCUT2D eigenvalue weighted by Gasteiger charge is 2.07. The molecule has 1 aromatic carbocycles. The summed E-state index contributed by atoms with van der Waals surface area (Å²) in [5, 5.41) is 8.02. The van der Waals surface area contributed by atoms with E-state index in [9.17, 15) is 4.79 Å². The van der Waals surface area contributed by atoms with Crippen molar-refractivity contribution in [2.75, 3.05) is 18.4 Å². The minimum Gasteiger partial charge on any atom is -0.370 e. The Morgan fingerprint density at radius 1 is 1.16 bits per heavy atom. The fourth-order valence-corrected chi connectivity index (χ4v) is 3.19. The van der Waals surface area contributed by atoms with E-state index in [2.05, 4.69) is 47.7 Å². The summed E-state index contributed by atoms with van der Waals surface area (Å²) in [6.45, 7) is 5.41. The third kappa shape index (κ3) is 5.60. The number of hydrogen-bond donors (Lipinski definition) is 3. The van der Waals surface area contributed by atoms with Crippen LogP contribution in [-0.2, 0) is 12.8 Å². The number of nitrogens with one attached hydrogen (secondary N) is 2. The van der Waals surface area contributed by atoms with Crippen molar-refractivity contribution in [1.29, 1.82) is 0 Å². The molecule has 0 bridgehead atoms. The first-order valence-corrected chi connectivity index (χ1v) is 9.53. The van der Waals surface area contributed by atoms with Gasteiger partial charge in [-0.3, -0.25) is 9.79 Å². The van der Waals surface area contributed by atoms with E-state index in [1.807, 2.05) is 17.5 Å². The van der Waals surface area contributed by atoms with Crippen LogP contribution in [0.15, 0.2) is 40.7 Å². The number of nitrogens with two attached hydrogens (primary N) is 1. The number of para-hydroxylation sites is 1. The molecule has 1 amide bonds. The smallest absolute Gasteiger partial charge is 0.261 e. The maximum absolute atomic E-state index is 11.8. The highest BCUT2D eigenvalue weighted by molar-refractivity contribution is 7.12. The molecule has 1 heterocycles. The van der Waals surface area contributed by atoms with Crippen LogP contribution in [0.2, 0.25) is 0 Å². The number of rotatable bonds is 8. The Bertz CT molecular complexity index is 688. The number of aryl methyl sites for hydroxylation is 2. The van der Waals surface area contributed by atoms with Gasteiger partial charge in [-0.1, -0.05) is 38.1 Å². The quantitative estimate of drug-likeness (QED) is 0.384. The third-order valence-electron chi connectivity index (χ3n) is 3.90. The number of thiophene rings is 1. The van der Waals surface area contributed by atoms with Crippen molar-refractivity contribution in [2.24, 2.45) is 10.7 Å². The van der Waals surface area contributed by atoms with Crippen LogP contribution < -0.4 is 16.4 Å². The molecule has 0 radical (unpaired) electrons. The molecule has 1 aromatic heterocycles. The van der Waals surface area contributed by atoms with E-state index in [0.29, 0.717) is 19.0 Å². The Morgan fingerprint density at radius 2 is 1.88 bits per heavy atom. The second-order valence-electron chi connectivity index (χ2n) is 5.64. The largest absolute Gasteiger partial charge is 0.370 e. The minimum atomic E-state index is -0.0328. The standard InChI is InChI=1S/C19H26N4OS/c1-3-14-8-5-9-15(4-2)17(14)23-19(20)22-12-7-11-21-18(24)16-10-6-13-25-16/h5-6,8-10,13H,3-4,7,11-12H2,1-2H3,(H,21,24)(H3,20,22,23). The first-order valence-electron chi connectivity index (χ1n) is 8.65. The average Bonchev–Trinajstić information content (AvgIpc) is 3.16. The van der Waals surface area contributed by atoms with E-state index >= 15 is 0 Å². The van der Waals surface area contributed by atoms with Gasteiger partial charge in [-0.25, -0.2) is 0 Å². The fraction of sp³-hybridized carbons (Fsp3) is 0.368. The van der Waals surface area contributed by atoms with Crippen LogP contribution in [0.25, 0.3) is 0 Å². The van der Waals surface area contributed by atoms with Crippen LogP contribution in [0, 0.1) is 0 Å². The molecule has 4 N–H and O–H groups in total. The summed E-state index contributed by atoms with van der Waals surface area (Å²) in [5.74, 6) is 0.384. The number of amides is 1. The molecule has 0 aliphatic heterocycles. The fourth-order valence-electron chi connectivity index (χ4n) is 2.55. The van der Waals surface area contributed by atoms with Crippen molar-refractivity contribution < 1.29 is 4.79 Å². The van der Waals surface area contributed by atoms with Gasteiger partial charge in [0.25, 0.3) is 5.91 Å². The summed E-state index contributed by atoms with van der Waals surface area (Å²) < 4.78 is 0. The molecule has 134 valence electrons.